The summed E-state index contributed by atoms with van der Waals surface area (Å²) in [5.41, 5.74) is 3.28. The first-order chi connectivity index (χ1) is 12.8. The van der Waals surface area contributed by atoms with E-state index in [2.05, 4.69) is 19.9 Å². The van der Waals surface area contributed by atoms with Gasteiger partial charge in [-0.25, -0.2) is 14.2 Å². The smallest absolute Gasteiger partial charge is 0.345 e. The summed E-state index contributed by atoms with van der Waals surface area (Å²) in [7, 11) is 1.75. The van der Waals surface area contributed by atoms with E-state index >= 15 is 0 Å². The molecule has 0 aliphatic carbocycles. The number of halogens is 1. The van der Waals surface area contributed by atoms with Crippen molar-refractivity contribution in [2.75, 3.05) is 13.6 Å². The highest BCUT2D eigenvalue weighted by molar-refractivity contribution is 5.76. The van der Waals surface area contributed by atoms with Gasteiger partial charge in [-0.1, -0.05) is 0 Å². The van der Waals surface area contributed by atoms with Crippen molar-refractivity contribution in [3.05, 3.63) is 57.3 Å². The number of benzene rings is 1. The lowest BCUT2D eigenvalue weighted by Crippen LogP contribution is -2.29. The van der Waals surface area contributed by atoms with E-state index in [-0.39, 0.29) is 17.4 Å². The third-order valence-corrected chi connectivity index (χ3v) is 4.64. The van der Waals surface area contributed by atoms with Gasteiger partial charge in [0.2, 0.25) is 5.91 Å². The predicted octanol–water partition coefficient (Wildman–Crippen LogP) is 2.04. The minimum Gasteiger partial charge on any atom is -0.345 e. The Bertz CT molecular complexity index is 1010. The zero-order valence-corrected chi connectivity index (χ0v) is 15.6. The first kappa shape index (κ1) is 18.8. The predicted molar refractivity (Wildman–Crippen MR) is 100 cm³/mol. The third-order valence-electron chi connectivity index (χ3n) is 4.64. The van der Waals surface area contributed by atoms with Gasteiger partial charge in [0, 0.05) is 37.8 Å². The minimum absolute atomic E-state index is 0.00200. The van der Waals surface area contributed by atoms with E-state index in [1.54, 1.807) is 24.9 Å². The average molecular weight is 371 g/mol. The van der Waals surface area contributed by atoms with Gasteiger partial charge in [0.1, 0.15) is 11.6 Å². The SMILES string of the molecule is Cc1nc(=O)[nH]c(C)c1CCC(=O)N(C)CCc1nc2ccc(F)cc2[nH]1. The van der Waals surface area contributed by atoms with Crippen LogP contribution in [0.25, 0.3) is 11.0 Å². The molecule has 8 heteroatoms. The maximum absolute atomic E-state index is 13.2. The van der Waals surface area contributed by atoms with Crippen molar-refractivity contribution in [2.24, 2.45) is 0 Å². The van der Waals surface area contributed by atoms with E-state index in [0.29, 0.717) is 48.4 Å². The highest BCUT2D eigenvalue weighted by Crippen LogP contribution is 2.14. The maximum atomic E-state index is 13.2. The molecule has 0 aliphatic rings. The Hall–Kier alpha value is -3.03. The Morgan fingerprint density at radius 3 is 2.70 bits per heavy atom. The summed E-state index contributed by atoms with van der Waals surface area (Å²) in [6.07, 6.45) is 1.41. The first-order valence-electron chi connectivity index (χ1n) is 8.78. The topological polar surface area (TPSA) is 94.7 Å². The van der Waals surface area contributed by atoms with Gasteiger partial charge in [-0.2, -0.15) is 4.98 Å². The van der Waals surface area contributed by atoms with E-state index in [4.69, 9.17) is 0 Å². The molecule has 0 saturated heterocycles. The Kier molecular flexibility index (Phi) is 5.34. The second kappa shape index (κ2) is 7.69. The molecule has 2 N–H and O–H groups in total. The van der Waals surface area contributed by atoms with Crippen LogP contribution >= 0.6 is 0 Å². The lowest BCUT2D eigenvalue weighted by Gasteiger charge is -2.17. The van der Waals surface area contributed by atoms with Crippen LogP contribution in [0.4, 0.5) is 4.39 Å². The Labute approximate surface area is 155 Å². The number of likely N-dealkylation sites (N-methyl/N-ethyl adjacent to an activating group) is 1. The van der Waals surface area contributed by atoms with Gasteiger partial charge in [0.15, 0.2) is 0 Å². The summed E-state index contributed by atoms with van der Waals surface area (Å²) in [4.78, 5) is 39.4. The second-order valence-electron chi connectivity index (χ2n) is 6.64. The highest BCUT2D eigenvalue weighted by Gasteiger charge is 2.13. The molecule has 3 rings (SSSR count). The summed E-state index contributed by atoms with van der Waals surface area (Å²) < 4.78 is 13.2. The van der Waals surface area contributed by atoms with Gasteiger partial charge < -0.3 is 14.9 Å². The Morgan fingerprint density at radius 1 is 1.19 bits per heavy atom. The molecule has 0 spiro atoms. The van der Waals surface area contributed by atoms with Crippen LogP contribution in [0.15, 0.2) is 23.0 Å². The molecule has 1 amide bonds. The molecule has 1 aromatic carbocycles. The summed E-state index contributed by atoms with van der Waals surface area (Å²) in [5.74, 6) is 0.404. The Balaban J connectivity index is 1.56. The normalized spacial score (nSPS) is 11.1. The quantitative estimate of drug-likeness (QED) is 0.693. The van der Waals surface area contributed by atoms with Gasteiger partial charge in [-0.05, 0) is 44.0 Å². The van der Waals surface area contributed by atoms with Crippen LogP contribution in [0.1, 0.15) is 29.2 Å². The largest absolute Gasteiger partial charge is 0.345 e. The van der Waals surface area contributed by atoms with E-state index < -0.39 is 0 Å². The van der Waals surface area contributed by atoms with E-state index in [9.17, 15) is 14.0 Å². The summed E-state index contributed by atoms with van der Waals surface area (Å²) in [6, 6.07) is 4.41. The minimum atomic E-state index is -0.372. The monoisotopic (exact) mass is 371 g/mol. The first-order valence-corrected chi connectivity index (χ1v) is 8.78. The number of hydrogen-bond donors (Lipinski definition) is 2. The standard InChI is InChI=1S/C19H22FN5O2/c1-11-14(12(2)22-19(27)21-11)5-7-18(26)25(3)9-8-17-23-15-6-4-13(20)10-16(15)24-17/h4,6,10H,5,7-9H2,1-3H3,(H,23,24)(H,21,22,27). The van der Waals surface area contributed by atoms with E-state index in [1.165, 1.54) is 12.1 Å². The molecule has 0 aliphatic heterocycles. The molecule has 3 aromatic rings. The van der Waals surface area contributed by atoms with Crippen LogP contribution in [0.2, 0.25) is 0 Å². The number of rotatable bonds is 6. The fourth-order valence-electron chi connectivity index (χ4n) is 3.10. The number of nitrogens with one attached hydrogen (secondary N) is 2. The van der Waals surface area contributed by atoms with Crippen molar-refractivity contribution in [1.29, 1.82) is 0 Å². The van der Waals surface area contributed by atoms with Crippen molar-refractivity contribution in [2.45, 2.75) is 33.1 Å². The van der Waals surface area contributed by atoms with Gasteiger partial charge in [0.25, 0.3) is 0 Å². The molecule has 0 atom stereocenters. The van der Waals surface area contributed by atoms with Gasteiger partial charge in [-0.15, -0.1) is 0 Å². The Morgan fingerprint density at radius 2 is 1.96 bits per heavy atom. The molecule has 27 heavy (non-hydrogen) atoms. The number of aromatic nitrogens is 4. The van der Waals surface area contributed by atoms with Crippen molar-refractivity contribution >= 4 is 16.9 Å². The van der Waals surface area contributed by atoms with E-state index in [0.717, 1.165) is 11.3 Å². The molecule has 0 saturated carbocycles. The van der Waals surface area contributed by atoms with Crippen LogP contribution in [0.5, 0.6) is 0 Å². The summed E-state index contributed by atoms with van der Waals surface area (Å²) in [6.45, 7) is 4.09. The average Bonchev–Trinajstić information content (AvgIpc) is 3.00. The van der Waals surface area contributed by atoms with Crippen LogP contribution < -0.4 is 5.69 Å². The number of nitrogens with zero attached hydrogens (tertiary/aromatic N) is 3. The molecular formula is C19H22FN5O2. The van der Waals surface area contributed by atoms with Crippen molar-refractivity contribution < 1.29 is 9.18 Å². The molecule has 7 nitrogen and oxygen atoms in total. The number of hydrogen-bond acceptors (Lipinski definition) is 4. The molecule has 2 aromatic heterocycles. The lowest BCUT2D eigenvalue weighted by atomic mass is 10.1. The van der Waals surface area contributed by atoms with Crippen LogP contribution in [0, 0.1) is 19.7 Å². The molecular weight excluding hydrogens is 349 g/mol. The number of aryl methyl sites for hydroxylation is 2. The summed E-state index contributed by atoms with van der Waals surface area (Å²) in [5, 5.41) is 0. The number of H-pyrrole nitrogens is 2. The summed E-state index contributed by atoms with van der Waals surface area (Å²) >= 11 is 0. The highest BCUT2D eigenvalue weighted by atomic mass is 19.1. The lowest BCUT2D eigenvalue weighted by molar-refractivity contribution is -0.129. The number of aromatic amines is 2. The van der Waals surface area contributed by atoms with Gasteiger partial charge in [0.05, 0.1) is 11.0 Å². The maximum Gasteiger partial charge on any atom is 0.345 e. The van der Waals surface area contributed by atoms with Crippen molar-refractivity contribution in [3.63, 3.8) is 0 Å². The van der Waals surface area contributed by atoms with Gasteiger partial charge >= 0.3 is 5.69 Å². The second-order valence-corrected chi connectivity index (χ2v) is 6.64. The molecule has 142 valence electrons. The molecule has 0 fully saturated rings. The number of fused-ring (bicyclic) bond motifs is 1. The number of imidazole rings is 1. The van der Waals surface area contributed by atoms with Gasteiger partial charge in [-0.3, -0.25) is 4.79 Å². The molecule has 0 bridgehead atoms. The fourth-order valence-corrected chi connectivity index (χ4v) is 3.10. The molecule has 2 heterocycles. The van der Waals surface area contributed by atoms with Crippen molar-refractivity contribution in [1.82, 2.24) is 24.8 Å². The number of carbonyl (C=O) groups is 1. The zero-order valence-electron chi connectivity index (χ0n) is 15.6. The number of amides is 1. The number of carbonyl (C=O) groups excluding carboxylic acids is 1. The fraction of sp³-hybridized carbons (Fsp3) is 0.368. The zero-order chi connectivity index (χ0) is 19.6. The van der Waals surface area contributed by atoms with E-state index in [1.807, 2.05) is 6.92 Å². The van der Waals surface area contributed by atoms with Crippen LogP contribution in [0.3, 0.4) is 0 Å². The third kappa shape index (κ3) is 4.39. The van der Waals surface area contributed by atoms with Crippen LogP contribution in [-0.4, -0.2) is 44.3 Å². The molecule has 0 unspecified atom stereocenters. The van der Waals surface area contributed by atoms with Crippen molar-refractivity contribution in [3.8, 4) is 0 Å². The van der Waals surface area contributed by atoms with Crippen LogP contribution in [-0.2, 0) is 17.6 Å². The molecule has 0 radical (unpaired) electrons.